The van der Waals surface area contributed by atoms with Crippen LogP contribution in [0.15, 0.2) is 22.1 Å². The SMILES string of the molecule is CC(C)N1CN=C2C=CC=N[C@@H]21. The van der Waals surface area contributed by atoms with Crippen LogP contribution < -0.4 is 0 Å². The van der Waals surface area contributed by atoms with Gasteiger partial charge in [0, 0.05) is 12.3 Å². The van der Waals surface area contributed by atoms with Crippen molar-refractivity contribution in [1.29, 1.82) is 0 Å². The van der Waals surface area contributed by atoms with Crippen LogP contribution >= 0.6 is 0 Å². The van der Waals surface area contributed by atoms with Crippen LogP contribution in [0, 0.1) is 0 Å². The molecule has 64 valence electrons. The highest BCUT2D eigenvalue weighted by Crippen LogP contribution is 2.17. The number of hydrogen-bond acceptors (Lipinski definition) is 3. The average molecular weight is 163 g/mol. The maximum Gasteiger partial charge on any atom is 0.146 e. The van der Waals surface area contributed by atoms with Gasteiger partial charge in [-0.05, 0) is 26.0 Å². The minimum absolute atomic E-state index is 0.190. The Balaban J connectivity index is 2.19. The first-order chi connectivity index (χ1) is 5.79. The van der Waals surface area contributed by atoms with Gasteiger partial charge in [0.05, 0.1) is 12.4 Å². The Morgan fingerprint density at radius 3 is 3.17 bits per heavy atom. The molecule has 2 aliphatic heterocycles. The second-order valence-electron chi connectivity index (χ2n) is 3.36. The molecule has 0 aromatic carbocycles. The minimum Gasteiger partial charge on any atom is -0.270 e. The molecule has 2 heterocycles. The molecule has 12 heavy (non-hydrogen) atoms. The van der Waals surface area contributed by atoms with Crippen LogP contribution in [0.5, 0.6) is 0 Å². The topological polar surface area (TPSA) is 28.0 Å². The molecule has 3 heteroatoms. The molecule has 0 aliphatic carbocycles. The van der Waals surface area contributed by atoms with Crippen LogP contribution in [-0.4, -0.2) is 35.7 Å². The van der Waals surface area contributed by atoms with Crippen molar-refractivity contribution in [3.8, 4) is 0 Å². The van der Waals surface area contributed by atoms with E-state index in [0.717, 1.165) is 12.4 Å². The molecule has 0 radical (unpaired) electrons. The van der Waals surface area contributed by atoms with E-state index >= 15 is 0 Å². The first-order valence-corrected chi connectivity index (χ1v) is 4.29. The lowest BCUT2D eigenvalue weighted by atomic mass is 10.2. The van der Waals surface area contributed by atoms with Gasteiger partial charge in [0.1, 0.15) is 6.17 Å². The lowest BCUT2D eigenvalue weighted by Crippen LogP contribution is -2.39. The smallest absolute Gasteiger partial charge is 0.146 e. The van der Waals surface area contributed by atoms with Crippen molar-refractivity contribution < 1.29 is 0 Å². The van der Waals surface area contributed by atoms with E-state index in [2.05, 4.69) is 28.7 Å². The zero-order valence-electron chi connectivity index (χ0n) is 7.44. The zero-order valence-corrected chi connectivity index (χ0v) is 7.44. The summed E-state index contributed by atoms with van der Waals surface area (Å²) in [4.78, 5) is 11.1. The van der Waals surface area contributed by atoms with Crippen LogP contribution in [0.3, 0.4) is 0 Å². The van der Waals surface area contributed by atoms with Crippen molar-refractivity contribution in [3.05, 3.63) is 12.2 Å². The molecule has 0 bridgehead atoms. The third kappa shape index (κ3) is 1.10. The van der Waals surface area contributed by atoms with Crippen molar-refractivity contribution in [3.63, 3.8) is 0 Å². The number of fused-ring (bicyclic) bond motifs is 1. The van der Waals surface area contributed by atoms with E-state index in [-0.39, 0.29) is 6.17 Å². The highest BCUT2D eigenvalue weighted by molar-refractivity contribution is 6.05. The van der Waals surface area contributed by atoms with Gasteiger partial charge < -0.3 is 0 Å². The summed E-state index contributed by atoms with van der Waals surface area (Å²) in [6.07, 6.45) is 6.03. The predicted octanol–water partition coefficient (Wildman–Crippen LogP) is 1.08. The van der Waals surface area contributed by atoms with Crippen molar-refractivity contribution in [2.45, 2.75) is 26.1 Å². The van der Waals surface area contributed by atoms with Gasteiger partial charge in [-0.25, -0.2) is 0 Å². The Morgan fingerprint density at radius 2 is 2.42 bits per heavy atom. The van der Waals surface area contributed by atoms with Gasteiger partial charge in [-0.2, -0.15) is 0 Å². The van der Waals surface area contributed by atoms with Crippen LogP contribution in [0.1, 0.15) is 13.8 Å². The average Bonchev–Trinajstić information content (AvgIpc) is 2.47. The zero-order chi connectivity index (χ0) is 8.55. The number of rotatable bonds is 1. The van der Waals surface area contributed by atoms with Crippen LogP contribution in [0.4, 0.5) is 0 Å². The lowest BCUT2D eigenvalue weighted by Gasteiger charge is -2.25. The fourth-order valence-electron chi connectivity index (χ4n) is 1.51. The van der Waals surface area contributed by atoms with E-state index < -0.39 is 0 Å². The third-order valence-corrected chi connectivity index (χ3v) is 2.24. The Morgan fingerprint density at radius 1 is 1.58 bits per heavy atom. The van der Waals surface area contributed by atoms with Crippen LogP contribution in [0.2, 0.25) is 0 Å². The second kappa shape index (κ2) is 2.83. The molecule has 0 aromatic heterocycles. The summed E-state index contributed by atoms with van der Waals surface area (Å²) in [6, 6.07) is 0.514. The summed E-state index contributed by atoms with van der Waals surface area (Å²) in [6.45, 7) is 5.14. The van der Waals surface area contributed by atoms with Crippen LogP contribution in [-0.2, 0) is 0 Å². The standard InChI is InChI=1S/C9H13N3/c1-7(2)12-6-11-8-4-3-5-10-9(8)12/h3-5,7,9H,6H2,1-2H3/t9-/m1/s1. The molecule has 0 spiro atoms. The second-order valence-corrected chi connectivity index (χ2v) is 3.36. The summed E-state index contributed by atoms with van der Waals surface area (Å²) in [5.74, 6) is 0. The highest BCUT2D eigenvalue weighted by atomic mass is 15.3. The summed E-state index contributed by atoms with van der Waals surface area (Å²) in [7, 11) is 0. The maximum absolute atomic E-state index is 4.40. The molecule has 3 nitrogen and oxygen atoms in total. The molecular weight excluding hydrogens is 150 g/mol. The maximum atomic E-state index is 4.40. The molecule has 0 N–H and O–H groups in total. The number of dihydropyridines is 1. The first kappa shape index (κ1) is 7.68. The van der Waals surface area contributed by atoms with Gasteiger partial charge in [0.2, 0.25) is 0 Å². The van der Waals surface area contributed by atoms with Gasteiger partial charge in [-0.3, -0.25) is 14.9 Å². The van der Waals surface area contributed by atoms with E-state index in [1.165, 1.54) is 0 Å². The van der Waals surface area contributed by atoms with Gasteiger partial charge in [0.15, 0.2) is 0 Å². The fraction of sp³-hybridized carbons (Fsp3) is 0.556. The monoisotopic (exact) mass is 163 g/mol. The molecule has 0 aromatic rings. The Labute approximate surface area is 72.5 Å². The van der Waals surface area contributed by atoms with E-state index in [4.69, 9.17) is 0 Å². The molecule has 0 saturated heterocycles. The van der Waals surface area contributed by atoms with Crippen molar-refractivity contribution in [2.24, 2.45) is 9.98 Å². The number of aliphatic imine (C=N–C) groups is 2. The minimum atomic E-state index is 0.190. The fourth-order valence-corrected chi connectivity index (χ4v) is 1.51. The molecule has 0 unspecified atom stereocenters. The van der Waals surface area contributed by atoms with Crippen molar-refractivity contribution in [1.82, 2.24) is 4.90 Å². The molecule has 0 saturated carbocycles. The quantitative estimate of drug-likeness (QED) is 0.568. The molecule has 2 rings (SSSR count). The highest BCUT2D eigenvalue weighted by Gasteiger charge is 2.29. The molecule has 0 fully saturated rings. The largest absolute Gasteiger partial charge is 0.270 e. The van der Waals surface area contributed by atoms with Crippen molar-refractivity contribution in [2.75, 3.05) is 6.67 Å². The van der Waals surface area contributed by atoms with E-state index in [1.807, 2.05) is 18.4 Å². The predicted molar refractivity (Wildman–Crippen MR) is 50.7 cm³/mol. The van der Waals surface area contributed by atoms with Crippen LogP contribution in [0.25, 0.3) is 0 Å². The molecule has 1 atom stereocenters. The number of nitrogens with zero attached hydrogens (tertiary/aromatic N) is 3. The number of hydrogen-bond donors (Lipinski definition) is 0. The van der Waals surface area contributed by atoms with Gasteiger partial charge in [-0.1, -0.05) is 0 Å². The summed E-state index contributed by atoms with van der Waals surface area (Å²) < 4.78 is 0. The van der Waals surface area contributed by atoms with Crippen molar-refractivity contribution >= 4 is 11.9 Å². The first-order valence-electron chi connectivity index (χ1n) is 4.29. The van der Waals surface area contributed by atoms with Gasteiger partial charge >= 0.3 is 0 Å². The Bertz CT molecular complexity index is 263. The van der Waals surface area contributed by atoms with Gasteiger partial charge in [0.25, 0.3) is 0 Å². The van der Waals surface area contributed by atoms with E-state index in [9.17, 15) is 0 Å². The van der Waals surface area contributed by atoms with Gasteiger partial charge in [-0.15, -0.1) is 0 Å². The molecule has 0 amide bonds. The third-order valence-electron chi connectivity index (χ3n) is 2.24. The Hall–Kier alpha value is -0.960. The van der Waals surface area contributed by atoms with E-state index in [1.54, 1.807) is 0 Å². The Kier molecular flexibility index (Phi) is 1.81. The summed E-state index contributed by atoms with van der Waals surface area (Å²) in [5, 5.41) is 0. The number of allylic oxidation sites excluding steroid dienone is 1. The lowest BCUT2D eigenvalue weighted by molar-refractivity contribution is 0.223. The summed E-state index contributed by atoms with van der Waals surface area (Å²) in [5.41, 5.74) is 1.10. The molecule has 2 aliphatic rings. The molecular formula is C9H13N3. The van der Waals surface area contributed by atoms with E-state index in [0.29, 0.717) is 6.04 Å². The summed E-state index contributed by atoms with van der Waals surface area (Å²) >= 11 is 0. The normalized spacial score (nSPS) is 27.9.